The van der Waals surface area contributed by atoms with Crippen LogP contribution in [0.4, 0.5) is 0 Å². The third kappa shape index (κ3) is 1.90. The maximum absolute atomic E-state index is 9.15. The molecule has 1 saturated heterocycles. The summed E-state index contributed by atoms with van der Waals surface area (Å²) < 4.78 is 2.02. The van der Waals surface area contributed by atoms with Crippen LogP contribution in [0.3, 0.4) is 0 Å². The zero-order valence-electron chi connectivity index (χ0n) is 8.95. The van der Waals surface area contributed by atoms with Crippen molar-refractivity contribution in [3.63, 3.8) is 0 Å². The smallest absolute Gasteiger partial charge is 0.165 e. The van der Waals surface area contributed by atoms with Gasteiger partial charge in [-0.15, -0.1) is 11.8 Å². The van der Waals surface area contributed by atoms with Gasteiger partial charge in [0.1, 0.15) is 11.8 Å². The summed E-state index contributed by atoms with van der Waals surface area (Å²) in [6.07, 6.45) is 4.14. The molecule has 3 heterocycles. The van der Waals surface area contributed by atoms with Crippen LogP contribution in [-0.2, 0) is 0 Å². The van der Waals surface area contributed by atoms with E-state index in [1.165, 1.54) is 6.33 Å². The van der Waals surface area contributed by atoms with Crippen molar-refractivity contribution in [3.05, 3.63) is 17.8 Å². The first-order chi connectivity index (χ1) is 8.29. The number of hydrogen-bond acceptors (Lipinski definition) is 5. The molecule has 1 aliphatic rings. The molecule has 1 N–H and O–H groups in total. The van der Waals surface area contributed by atoms with Crippen LogP contribution in [0.5, 0.6) is 0 Å². The van der Waals surface area contributed by atoms with Crippen molar-refractivity contribution in [1.82, 2.24) is 19.5 Å². The minimum Gasteiger partial charge on any atom is -0.396 e. The van der Waals surface area contributed by atoms with E-state index < -0.39 is 0 Å². The van der Waals surface area contributed by atoms with E-state index in [0.717, 1.165) is 17.8 Å². The van der Waals surface area contributed by atoms with Crippen molar-refractivity contribution in [2.75, 3.05) is 12.4 Å². The Kier molecular flexibility index (Phi) is 2.94. The van der Waals surface area contributed by atoms with E-state index in [1.807, 2.05) is 16.3 Å². The molecule has 0 unspecified atom stereocenters. The van der Waals surface area contributed by atoms with Gasteiger partial charge in [0, 0.05) is 12.4 Å². The van der Waals surface area contributed by atoms with Gasteiger partial charge in [0.05, 0.1) is 11.7 Å². The number of fused-ring (bicyclic) bond motifs is 1. The highest BCUT2D eigenvalue weighted by molar-refractivity contribution is 7.99. The molecule has 0 radical (unpaired) electrons. The molecule has 0 saturated carbocycles. The van der Waals surface area contributed by atoms with Crippen LogP contribution >= 0.6 is 23.4 Å². The van der Waals surface area contributed by atoms with Crippen LogP contribution in [0.25, 0.3) is 11.2 Å². The second-order valence-electron chi connectivity index (χ2n) is 4.06. The number of imidazole rings is 1. The van der Waals surface area contributed by atoms with Gasteiger partial charge in [0.2, 0.25) is 0 Å². The molecule has 1 aliphatic heterocycles. The van der Waals surface area contributed by atoms with Gasteiger partial charge in [-0.3, -0.25) is 0 Å². The number of nitrogens with zero attached hydrogens (tertiary/aromatic N) is 4. The zero-order chi connectivity index (χ0) is 11.8. The summed E-state index contributed by atoms with van der Waals surface area (Å²) in [6, 6.07) is 0. The van der Waals surface area contributed by atoms with Gasteiger partial charge in [-0.25, -0.2) is 15.0 Å². The predicted molar refractivity (Wildman–Crippen MR) is 67.0 cm³/mol. The zero-order valence-corrected chi connectivity index (χ0v) is 10.5. The van der Waals surface area contributed by atoms with Gasteiger partial charge in [0.25, 0.3) is 0 Å². The average Bonchev–Trinajstić information content (AvgIpc) is 2.94. The van der Waals surface area contributed by atoms with Crippen LogP contribution < -0.4 is 0 Å². The lowest BCUT2D eigenvalue weighted by molar-refractivity contribution is 0.233. The highest BCUT2D eigenvalue weighted by Crippen LogP contribution is 2.40. The number of hydrogen-bond donors (Lipinski definition) is 1. The van der Waals surface area contributed by atoms with Crippen molar-refractivity contribution >= 4 is 34.5 Å². The molecule has 17 heavy (non-hydrogen) atoms. The fraction of sp³-hybridized carbons (Fsp3) is 0.500. The minimum absolute atomic E-state index is 0.242. The Bertz CT molecular complexity index is 546. The summed E-state index contributed by atoms with van der Waals surface area (Å²) >= 11 is 7.77. The summed E-state index contributed by atoms with van der Waals surface area (Å²) in [5, 5.41) is 9.82. The summed E-state index contributed by atoms with van der Waals surface area (Å²) in [6.45, 7) is 0.242. The van der Waals surface area contributed by atoms with E-state index in [-0.39, 0.29) is 12.0 Å². The maximum atomic E-state index is 9.15. The molecular weight excluding hydrogens is 260 g/mol. The topological polar surface area (TPSA) is 63.8 Å². The Labute approximate surface area is 107 Å². The fourth-order valence-electron chi connectivity index (χ4n) is 2.02. The van der Waals surface area contributed by atoms with Gasteiger partial charge in [-0.05, 0) is 12.3 Å². The van der Waals surface area contributed by atoms with Crippen LogP contribution in [0.2, 0.25) is 5.15 Å². The molecule has 7 heteroatoms. The number of aromatic nitrogens is 4. The average molecular weight is 271 g/mol. The van der Waals surface area contributed by atoms with E-state index in [4.69, 9.17) is 16.7 Å². The lowest BCUT2D eigenvalue weighted by atomic mass is 10.1. The van der Waals surface area contributed by atoms with Gasteiger partial charge in [-0.2, -0.15) is 0 Å². The van der Waals surface area contributed by atoms with Gasteiger partial charge in [-0.1, -0.05) is 11.6 Å². The molecule has 0 bridgehead atoms. The van der Waals surface area contributed by atoms with Gasteiger partial charge >= 0.3 is 0 Å². The highest BCUT2D eigenvalue weighted by atomic mass is 35.5. The first-order valence-corrected chi connectivity index (χ1v) is 6.77. The maximum Gasteiger partial charge on any atom is 0.165 e. The van der Waals surface area contributed by atoms with Crippen LogP contribution in [0, 0.1) is 5.92 Å². The van der Waals surface area contributed by atoms with Crippen LogP contribution in [-0.4, -0.2) is 37.0 Å². The molecule has 1 fully saturated rings. The van der Waals surface area contributed by atoms with Crippen molar-refractivity contribution in [1.29, 1.82) is 0 Å². The summed E-state index contributed by atoms with van der Waals surface area (Å²) in [4.78, 5) is 12.4. The lowest BCUT2D eigenvalue weighted by Crippen LogP contribution is -2.06. The van der Waals surface area contributed by atoms with Crippen LogP contribution in [0.1, 0.15) is 11.8 Å². The summed E-state index contributed by atoms with van der Waals surface area (Å²) in [5.74, 6) is 1.33. The van der Waals surface area contributed by atoms with E-state index >= 15 is 0 Å². The standard InChI is InChI=1S/C10H11ClN4OS/c11-9-8-10(13-4-12-9)15(5-14-8)7-1-6(2-16)3-17-7/h4-7,16H,1-3H2/t6-,7+/m1/s1. The minimum atomic E-state index is 0.242. The molecule has 2 aromatic heterocycles. The number of rotatable bonds is 2. The van der Waals surface area contributed by atoms with E-state index in [1.54, 1.807) is 6.33 Å². The molecule has 3 rings (SSSR count). The lowest BCUT2D eigenvalue weighted by Gasteiger charge is -2.11. The molecule has 2 aromatic rings. The van der Waals surface area contributed by atoms with E-state index in [0.29, 0.717) is 16.6 Å². The number of aliphatic hydroxyl groups is 1. The third-order valence-corrected chi connectivity index (χ3v) is 4.69. The Morgan fingerprint density at radius 2 is 2.35 bits per heavy atom. The Morgan fingerprint density at radius 1 is 1.47 bits per heavy atom. The number of aliphatic hydroxyl groups excluding tert-OH is 1. The fourth-order valence-corrected chi connectivity index (χ4v) is 3.66. The van der Waals surface area contributed by atoms with Crippen molar-refractivity contribution in [2.45, 2.75) is 11.8 Å². The summed E-state index contributed by atoms with van der Waals surface area (Å²) in [5.41, 5.74) is 1.41. The van der Waals surface area contributed by atoms with E-state index in [2.05, 4.69) is 15.0 Å². The second-order valence-corrected chi connectivity index (χ2v) is 5.63. The van der Waals surface area contributed by atoms with Crippen molar-refractivity contribution < 1.29 is 5.11 Å². The van der Waals surface area contributed by atoms with Gasteiger partial charge < -0.3 is 9.67 Å². The first-order valence-electron chi connectivity index (χ1n) is 5.35. The van der Waals surface area contributed by atoms with Gasteiger partial charge in [0.15, 0.2) is 10.8 Å². The molecule has 0 aliphatic carbocycles. The SMILES string of the molecule is OC[C@@H]1CS[C@H](n2cnc3c(Cl)ncnc32)C1. The molecule has 0 aromatic carbocycles. The number of halogens is 1. The van der Waals surface area contributed by atoms with E-state index in [9.17, 15) is 0 Å². The normalized spacial score (nSPS) is 24.6. The van der Waals surface area contributed by atoms with Crippen molar-refractivity contribution in [3.8, 4) is 0 Å². The Balaban J connectivity index is 1.99. The molecule has 2 atom stereocenters. The Morgan fingerprint density at radius 3 is 3.12 bits per heavy atom. The molecule has 0 amide bonds. The molecule has 90 valence electrons. The first kappa shape index (κ1) is 11.3. The molecule has 5 nitrogen and oxygen atoms in total. The highest BCUT2D eigenvalue weighted by Gasteiger charge is 2.27. The Hall–Kier alpha value is -0.850. The third-order valence-electron chi connectivity index (χ3n) is 2.94. The number of thioether (sulfide) groups is 1. The second kappa shape index (κ2) is 4.44. The predicted octanol–water partition coefficient (Wildman–Crippen LogP) is 1.72. The quantitative estimate of drug-likeness (QED) is 0.842. The largest absolute Gasteiger partial charge is 0.396 e. The monoisotopic (exact) mass is 270 g/mol. The van der Waals surface area contributed by atoms with Crippen molar-refractivity contribution in [2.24, 2.45) is 5.92 Å². The summed E-state index contributed by atoms with van der Waals surface area (Å²) in [7, 11) is 0. The molecular formula is C10H11ClN4OS. The molecule has 0 spiro atoms. The van der Waals surface area contributed by atoms with Crippen LogP contribution in [0.15, 0.2) is 12.7 Å².